The second kappa shape index (κ2) is 6.64. The van der Waals surface area contributed by atoms with Crippen LogP contribution < -0.4 is 5.32 Å². The molecule has 1 N–H and O–H groups in total. The van der Waals surface area contributed by atoms with Gasteiger partial charge in [-0.1, -0.05) is 18.0 Å². The molecule has 0 aromatic carbocycles. The molecule has 0 spiro atoms. The van der Waals surface area contributed by atoms with Crippen LogP contribution in [0.25, 0.3) is 0 Å². The van der Waals surface area contributed by atoms with Crippen LogP contribution in [-0.2, 0) is 6.42 Å². The minimum Gasteiger partial charge on any atom is -0.351 e. The Morgan fingerprint density at radius 1 is 1.41 bits per heavy atom. The van der Waals surface area contributed by atoms with E-state index < -0.39 is 11.7 Å². The van der Waals surface area contributed by atoms with E-state index in [4.69, 9.17) is 4.52 Å². The fourth-order valence-corrected chi connectivity index (χ4v) is 2.65. The lowest BCUT2D eigenvalue weighted by Crippen LogP contribution is -2.26. The van der Waals surface area contributed by atoms with Gasteiger partial charge in [-0.05, 0) is 18.9 Å². The predicted octanol–water partition coefficient (Wildman–Crippen LogP) is 2.23. The van der Waals surface area contributed by atoms with Gasteiger partial charge >= 0.3 is 0 Å². The van der Waals surface area contributed by atoms with Crippen LogP contribution in [0.1, 0.15) is 53.7 Å². The summed E-state index contributed by atoms with van der Waals surface area (Å²) in [5.41, 5.74) is -0.0187. The highest BCUT2D eigenvalue weighted by Crippen LogP contribution is 2.32. The smallest absolute Gasteiger partial charge is 0.254 e. The molecule has 2 aromatic heterocycles. The molecule has 0 saturated heterocycles. The molecule has 7 heteroatoms. The molecule has 1 aliphatic carbocycles. The summed E-state index contributed by atoms with van der Waals surface area (Å²) >= 11 is 0. The lowest BCUT2D eigenvalue weighted by atomic mass is 10.1. The van der Waals surface area contributed by atoms with Crippen molar-refractivity contribution in [3.05, 3.63) is 41.6 Å². The molecule has 1 saturated carbocycles. The predicted molar refractivity (Wildman–Crippen MR) is 75.7 cm³/mol. The quantitative estimate of drug-likeness (QED) is 0.916. The Morgan fingerprint density at radius 2 is 2.23 bits per heavy atom. The van der Waals surface area contributed by atoms with Crippen LogP contribution in [0, 0.1) is 5.82 Å². The standard InChI is InChI=1S/C15H17FN4O2/c16-12-9-17-7-5-11(12)14(21)18-8-6-13-19-15(22-20-13)10-3-1-2-4-10/h5,7,9-10H,1-4,6,8H2,(H,18,21). The van der Waals surface area contributed by atoms with E-state index in [2.05, 4.69) is 20.4 Å². The Hall–Kier alpha value is -2.31. The summed E-state index contributed by atoms with van der Waals surface area (Å²) in [5, 5.41) is 6.57. The zero-order valence-corrected chi connectivity index (χ0v) is 12.1. The van der Waals surface area contributed by atoms with Gasteiger partial charge < -0.3 is 9.84 Å². The third-order valence-corrected chi connectivity index (χ3v) is 3.84. The molecule has 1 fully saturated rings. The zero-order chi connectivity index (χ0) is 15.4. The molecule has 1 aliphatic rings. The molecule has 0 bridgehead atoms. The Bertz CT molecular complexity index is 652. The molecule has 0 unspecified atom stereocenters. The maximum Gasteiger partial charge on any atom is 0.254 e. The third-order valence-electron chi connectivity index (χ3n) is 3.84. The number of carbonyl (C=O) groups is 1. The van der Waals surface area contributed by atoms with E-state index in [0.29, 0.717) is 30.6 Å². The molecule has 6 nitrogen and oxygen atoms in total. The Kier molecular flexibility index (Phi) is 4.41. The van der Waals surface area contributed by atoms with Crippen LogP contribution in [0.3, 0.4) is 0 Å². The number of rotatable bonds is 5. The van der Waals surface area contributed by atoms with Gasteiger partial charge in [-0.2, -0.15) is 4.98 Å². The lowest BCUT2D eigenvalue weighted by Gasteiger charge is -2.04. The molecular weight excluding hydrogens is 287 g/mol. The third kappa shape index (κ3) is 3.29. The summed E-state index contributed by atoms with van der Waals surface area (Å²) in [6.45, 7) is 0.324. The fourth-order valence-electron chi connectivity index (χ4n) is 2.65. The Labute approximate surface area is 127 Å². The van der Waals surface area contributed by atoms with Crippen molar-refractivity contribution in [3.63, 3.8) is 0 Å². The second-order valence-corrected chi connectivity index (χ2v) is 5.39. The van der Waals surface area contributed by atoms with Gasteiger partial charge in [0.1, 0.15) is 0 Å². The van der Waals surface area contributed by atoms with Crippen molar-refractivity contribution in [2.24, 2.45) is 0 Å². The van der Waals surface area contributed by atoms with Gasteiger partial charge in [-0.25, -0.2) is 4.39 Å². The maximum atomic E-state index is 13.4. The van der Waals surface area contributed by atoms with E-state index >= 15 is 0 Å². The molecule has 0 aliphatic heterocycles. The highest BCUT2D eigenvalue weighted by atomic mass is 19.1. The molecule has 1 amide bonds. The Morgan fingerprint density at radius 3 is 3.00 bits per heavy atom. The molecule has 0 atom stereocenters. The summed E-state index contributed by atoms with van der Waals surface area (Å²) in [7, 11) is 0. The summed E-state index contributed by atoms with van der Waals surface area (Å²) in [4.78, 5) is 19.8. The highest BCUT2D eigenvalue weighted by Gasteiger charge is 2.22. The molecule has 3 rings (SSSR count). The average Bonchev–Trinajstić information content (AvgIpc) is 3.18. The first-order valence-electron chi connectivity index (χ1n) is 7.44. The van der Waals surface area contributed by atoms with E-state index in [1.54, 1.807) is 0 Å². The molecule has 0 radical (unpaired) electrons. The minimum atomic E-state index is -0.636. The number of carbonyl (C=O) groups excluding carboxylic acids is 1. The van der Waals surface area contributed by atoms with Crippen molar-refractivity contribution >= 4 is 5.91 Å². The first-order chi connectivity index (χ1) is 10.7. The minimum absolute atomic E-state index is 0.0187. The van der Waals surface area contributed by atoms with E-state index in [0.717, 1.165) is 19.0 Å². The molecule has 116 valence electrons. The SMILES string of the molecule is O=C(NCCc1noc(C2CCCC2)n1)c1ccncc1F. The number of amides is 1. The maximum absolute atomic E-state index is 13.4. The zero-order valence-electron chi connectivity index (χ0n) is 12.1. The van der Waals surface area contributed by atoms with Gasteiger partial charge in [0.05, 0.1) is 11.8 Å². The number of halogens is 1. The van der Waals surface area contributed by atoms with Crippen LogP contribution in [0.4, 0.5) is 4.39 Å². The summed E-state index contributed by atoms with van der Waals surface area (Å²) in [6.07, 6.45) is 7.45. The monoisotopic (exact) mass is 304 g/mol. The normalized spacial score (nSPS) is 15.1. The van der Waals surface area contributed by atoms with Crippen LogP contribution in [0.5, 0.6) is 0 Å². The topological polar surface area (TPSA) is 80.9 Å². The van der Waals surface area contributed by atoms with Crippen molar-refractivity contribution in [1.82, 2.24) is 20.4 Å². The van der Waals surface area contributed by atoms with Gasteiger partial charge in [0.25, 0.3) is 5.91 Å². The number of nitrogens with one attached hydrogen (secondary N) is 1. The second-order valence-electron chi connectivity index (χ2n) is 5.39. The molecular formula is C15H17FN4O2. The average molecular weight is 304 g/mol. The lowest BCUT2D eigenvalue weighted by molar-refractivity contribution is 0.0949. The van der Waals surface area contributed by atoms with Gasteiger partial charge in [0.2, 0.25) is 5.89 Å². The Balaban J connectivity index is 1.51. The van der Waals surface area contributed by atoms with Crippen molar-refractivity contribution < 1.29 is 13.7 Å². The van der Waals surface area contributed by atoms with Gasteiger partial charge in [0, 0.05) is 25.1 Å². The first kappa shape index (κ1) is 14.6. The van der Waals surface area contributed by atoms with Crippen molar-refractivity contribution in [2.75, 3.05) is 6.54 Å². The van der Waals surface area contributed by atoms with Gasteiger partial charge in [-0.15, -0.1) is 0 Å². The summed E-state index contributed by atoms with van der Waals surface area (Å²) in [5.74, 6) is 0.528. The largest absolute Gasteiger partial charge is 0.351 e. The fraction of sp³-hybridized carbons (Fsp3) is 0.467. The number of hydrogen-bond acceptors (Lipinski definition) is 5. The summed E-state index contributed by atoms with van der Waals surface area (Å²) in [6, 6.07) is 1.34. The van der Waals surface area contributed by atoms with Crippen LogP contribution >= 0.6 is 0 Å². The van der Waals surface area contributed by atoms with Crippen molar-refractivity contribution in [2.45, 2.75) is 38.0 Å². The van der Waals surface area contributed by atoms with Crippen LogP contribution in [0.2, 0.25) is 0 Å². The van der Waals surface area contributed by atoms with Gasteiger partial charge in [0.15, 0.2) is 11.6 Å². The van der Waals surface area contributed by atoms with Gasteiger partial charge in [-0.3, -0.25) is 9.78 Å². The number of aromatic nitrogens is 3. The van der Waals surface area contributed by atoms with Crippen molar-refractivity contribution in [1.29, 1.82) is 0 Å². The van der Waals surface area contributed by atoms with E-state index in [-0.39, 0.29) is 5.56 Å². The van der Waals surface area contributed by atoms with E-state index in [1.165, 1.54) is 25.1 Å². The number of pyridine rings is 1. The van der Waals surface area contributed by atoms with Crippen molar-refractivity contribution in [3.8, 4) is 0 Å². The molecule has 22 heavy (non-hydrogen) atoms. The van der Waals surface area contributed by atoms with E-state index in [9.17, 15) is 9.18 Å². The number of nitrogens with zero attached hydrogens (tertiary/aromatic N) is 3. The van der Waals surface area contributed by atoms with Crippen LogP contribution in [0.15, 0.2) is 23.0 Å². The number of hydrogen-bond donors (Lipinski definition) is 1. The highest BCUT2D eigenvalue weighted by molar-refractivity contribution is 5.94. The molecule has 2 aromatic rings. The first-order valence-corrected chi connectivity index (χ1v) is 7.44. The summed E-state index contributed by atoms with van der Waals surface area (Å²) < 4.78 is 18.7. The van der Waals surface area contributed by atoms with E-state index in [1.807, 2.05) is 0 Å². The van der Waals surface area contributed by atoms with Crippen LogP contribution in [-0.4, -0.2) is 27.6 Å². The molecule has 2 heterocycles.